The lowest BCUT2D eigenvalue weighted by Crippen LogP contribution is -2.22. The molecule has 8 heteroatoms. The number of aliphatic carboxylic acids is 1. The van der Waals surface area contributed by atoms with Crippen LogP contribution in [0.4, 0.5) is 16.2 Å². The maximum atomic E-state index is 13.3. The van der Waals surface area contributed by atoms with Gasteiger partial charge in [0.15, 0.2) is 0 Å². The first kappa shape index (κ1) is 27.2. The van der Waals surface area contributed by atoms with Gasteiger partial charge in [-0.1, -0.05) is 42.5 Å². The summed E-state index contributed by atoms with van der Waals surface area (Å²) in [7, 11) is 1.51. The monoisotopic (exact) mass is 525 g/mol. The number of hydrogen-bond donors (Lipinski definition) is 3. The Morgan fingerprint density at radius 2 is 1.62 bits per heavy atom. The van der Waals surface area contributed by atoms with Gasteiger partial charge in [0.1, 0.15) is 5.75 Å². The Labute approximate surface area is 226 Å². The average molecular weight is 526 g/mol. The second-order valence-corrected chi connectivity index (χ2v) is 9.38. The van der Waals surface area contributed by atoms with E-state index in [9.17, 15) is 14.4 Å². The number of rotatable bonds is 9. The van der Waals surface area contributed by atoms with Gasteiger partial charge >= 0.3 is 12.0 Å². The summed E-state index contributed by atoms with van der Waals surface area (Å²) < 4.78 is 7.15. The summed E-state index contributed by atoms with van der Waals surface area (Å²) in [5.74, 6) is -0.404. The van der Waals surface area contributed by atoms with Crippen molar-refractivity contribution in [3.63, 3.8) is 0 Å². The highest BCUT2D eigenvalue weighted by Gasteiger charge is 2.13. The molecule has 0 spiro atoms. The van der Waals surface area contributed by atoms with Crippen LogP contribution in [0.3, 0.4) is 0 Å². The van der Waals surface area contributed by atoms with Gasteiger partial charge in [-0.05, 0) is 78.4 Å². The van der Waals surface area contributed by atoms with Gasteiger partial charge < -0.3 is 25.0 Å². The standard InChI is InChI=1S/C31H31N3O5/c1-20-6-7-21(2)27(17-20)33-31(38)32-26-14-13-24(18-28(26)39-3)25-5-4-16-34(30(25)37)19-23-10-8-22(9-11-23)12-15-29(35)36/h4-11,13-14,16-18H,12,15,19H2,1-3H3,(H,35,36)(H2,32,33,38). The topological polar surface area (TPSA) is 110 Å². The second-order valence-electron chi connectivity index (χ2n) is 9.38. The number of methoxy groups -OCH3 is 1. The quantitative estimate of drug-likeness (QED) is 0.254. The normalized spacial score (nSPS) is 10.6. The highest BCUT2D eigenvalue weighted by atomic mass is 16.5. The molecule has 0 saturated heterocycles. The molecule has 0 bridgehead atoms. The number of urea groups is 1. The number of carboxylic acids is 1. The van der Waals surface area contributed by atoms with Crippen LogP contribution in [0.1, 0.15) is 28.7 Å². The maximum absolute atomic E-state index is 13.3. The molecule has 0 aliphatic heterocycles. The van der Waals surface area contributed by atoms with Gasteiger partial charge in [-0.2, -0.15) is 0 Å². The smallest absolute Gasteiger partial charge is 0.323 e. The summed E-state index contributed by atoms with van der Waals surface area (Å²) in [6.45, 7) is 4.26. The van der Waals surface area contributed by atoms with Gasteiger partial charge in [0.25, 0.3) is 5.56 Å². The predicted molar refractivity (Wildman–Crippen MR) is 153 cm³/mol. The Balaban J connectivity index is 1.51. The zero-order chi connectivity index (χ0) is 27.9. The van der Waals surface area contributed by atoms with Crippen molar-refractivity contribution in [2.75, 3.05) is 17.7 Å². The van der Waals surface area contributed by atoms with Crippen LogP contribution in [0.15, 0.2) is 83.8 Å². The third-order valence-corrected chi connectivity index (χ3v) is 6.43. The number of aromatic nitrogens is 1. The maximum Gasteiger partial charge on any atom is 0.323 e. The molecular weight excluding hydrogens is 494 g/mol. The first-order valence-electron chi connectivity index (χ1n) is 12.6. The summed E-state index contributed by atoms with van der Waals surface area (Å²) in [5, 5.41) is 14.6. The van der Waals surface area contributed by atoms with Crippen molar-refractivity contribution in [2.24, 2.45) is 0 Å². The molecule has 0 unspecified atom stereocenters. The second kappa shape index (κ2) is 12.1. The Morgan fingerprint density at radius 3 is 2.33 bits per heavy atom. The van der Waals surface area contributed by atoms with Gasteiger partial charge in [0, 0.05) is 23.9 Å². The minimum atomic E-state index is -0.830. The third-order valence-electron chi connectivity index (χ3n) is 6.43. The van der Waals surface area contributed by atoms with E-state index in [1.807, 2.05) is 62.4 Å². The molecular formula is C31H31N3O5. The average Bonchev–Trinajstić information content (AvgIpc) is 2.92. The van der Waals surface area contributed by atoms with Crippen LogP contribution >= 0.6 is 0 Å². The molecule has 1 aromatic heterocycles. The Kier molecular flexibility index (Phi) is 8.46. The largest absolute Gasteiger partial charge is 0.495 e. The van der Waals surface area contributed by atoms with Crippen molar-refractivity contribution in [2.45, 2.75) is 33.2 Å². The third kappa shape index (κ3) is 6.93. The van der Waals surface area contributed by atoms with Crippen molar-refractivity contribution >= 4 is 23.4 Å². The Hall–Kier alpha value is -4.85. The van der Waals surface area contributed by atoms with E-state index in [4.69, 9.17) is 9.84 Å². The molecule has 0 radical (unpaired) electrons. The van der Waals surface area contributed by atoms with Crippen molar-refractivity contribution < 1.29 is 19.4 Å². The minimum absolute atomic E-state index is 0.0791. The summed E-state index contributed by atoms with van der Waals surface area (Å²) >= 11 is 0. The number of hydrogen-bond acceptors (Lipinski definition) is 4. The summed E-state index contributed by atoms with van der Waals surface area (Å²) in [5.41, 5.74) is 6.06. The molecule has 200 valence electrons. The number of nitrogens with one attached hydrogen (secondary N) is 2. The molecule has 3 N–H and O–H groups in total. The van der Waals surface area contributed by atoms with Crippen molar-refractivity contribution in [1.29, 1.82) is 0 Å². The molecule has 0 aliphatic carbocycles. The number of benzene rings is 3. The van der Waals surface area contributed by atoms with E-state index in [1.54, 1.807) is 35.0 Å². The fourth-order valence-corrected chi connectivity index (χ4v) is 4.25. The number of carboxylic acid groups (broad SMARTS) is 1. The van der Waals surface area contributed by atoms with Crippen LogP contribution in [-0.2, 0) is 17.8 Å². The molecule has 3 aromatic carbocycles. The van der Waals surface area contributed by atoms with Gasteiger partial charge in [-0.25, -0.2) is 4.79 Å². The fraction of sp³-hybridized carbons (Fsp3) is 0.194. The van der Waals surface area contributed by atoms with Gasteiger partial charge in [-0.15, -0.1) is 0 Å². The van der Waals surface area contributed by atoms with Crippen LogP contribution in [0.5, 0.6) is 5.75 Å². The molecule has 4 rings (SSSR count). The molecule has 39 heavy (non-hydrogen) atoms. The molecule has 2 amide bonds. The van der Waals surface area contributed by atoms with Gasteiger partial charge in [0.05, 0.1) is 19.3 Å². The van der Waals surface area contributed by atoms with Crippen molar-refractivity contribution in [1.82, 2.24) is 4.57 Å². The van der Waals surface area contributed by atoms with Crippen LogP contribution in [0, 0.1) is 13.8 Å². The number of nitrogens with zero attached hydrogens (tertiary/aromatic N) is 1. The van der Waals surface area contributed by atoms with E-state index in [2.05, 4.69) is 10.6 Å². The van der Waals surface area contributed by atoms with E-state index in [0.29, 0.717) is 35.5 Å². The lowest BCUT2D eigenvalue weighted by molar-refractivity contribution is -0.136. The van der Waals surface area contributed by atoms with E-state index in [-0.39, 0.29) is 12.0 Å². The zero-order valence-corrected chi connectivity index (χ0v) is 22.2. The number of carbonyl (C=O) groups is 2. The van der Waals surface area contributed by atoms with Crippen LogP contribution in [0.25, 0.3) is 11.1 Å². The number of pyridine rings is 1. The number of anilines is 2. The van der Waals surface area contributed by atoms with E-state index in [0.717, 1.165) is 27.9 Å². The van der Waals surface area contributed by atoms with E-state index >= 15 is 0 Å². The lowest BCUT2D eigenvalue weighted by Gasteiger charge is -2.14. The first-order chi connectivity index (χ1) is 18.7. The minimum Gasteiger partial charge on any atom is -0.495 e. The van der Waals surface area contributed by atoms with Gasteiger partial charge in [0.2, 0.25) is 0 Å². The molecule has 0 atom stereocenters. The van der Waals surface area contributed by atoms with Gasteiger partial charge in [-0.3, -0.25) is 9.59 Å². The highest BCUT2D eigenvalue weighted by molar-refractivity contribution is 6.01. The SMILES string of the molecule is COc1cc(-c2cccn(Cc3ccc(CCC(=O)O)cc3)c2=O)ccc1NC(=O)Nc1cc(C)ccc1C. The molecule has 1 heterocycles. The summed E-state index contributed by atoms with van der Waals surface area (Å²) in [6, 6.07) is 21.8. The molecule has 0 saturated carbocycles. The number of carbonyl (C=O) groups excluding carboxylic acids is 1. The molecule has 8 nitrogen and oxygen atoms in total. The Bertz CT molecular complexity index is 1560. The van der Waals surface area contributed by atoms with Crippen molar-refractivity contribution in [3.8, 4) is 16.9 Å². The molecule has 0 fully saturated rings. The fourth-order valence-electron chi connectivity index (χ4n) is 4.25. The number of amides is 2. The number of ether oxygens (including phenoxy) is 1. The van der Waals surface area contributed by atoms with Crippen LogP contribution < -0.4 is 20.9 Å². The van der Waals surface area contributed by atoms with Crippen molar-refractivity contribution in [3.05, 3.63) is 112 Å². The van der Waals surface area contributed by atoms with E-state index < -0.39 is 12.0 Å². The first-order valence-corrected chi connectivity index (χ1v) is 12.6. The zero-order valence-electron chi connectivity index (χ0n) is 22.2. The summed E-state index contributed by atoms with van der Waals surface area (Å²) in [4.78, 5) is 36.8. The Morgan fingerprint density at radius 1 is 0.897 bits per heavy atom. The molecule has 4 aromatic rings. The lowest BCUT2D eigenvalue weighted by atomic mass is 10.1. The number of aryl methyl sites for hydroxylation is 3. The highest BCUT2D eigenvalue weighted by Crippen LogP contribution is 2.30. The molecule has 0 aliphatic rings. The van der Waals surface area contributed by atoms with E-state index in [1.165, 1.54) is 7.11 Å². The summed E-state index contributed by atoms with van der Waals surface area (Å²) in [6.07, 6.45) is 2.27. The predicted octanol–water partition coefficient (Wildman–Crippen LogP) is 5.85. The van der Waals surface area contributed by atoms with Crippen LogP contribution in [0.2, 0.25) is 0 Å². The van der Waals surface area contributed by atoms with Crippen LogP contribution in [-0.4, -0.2) is 28.8 Å².